The second kappa shape index (κ2) is 13.1. The van der Waals surface area contributed by atoms with Crippen LogP contribution in [0.5, 0.6) is 17.2 Å². The Morgan fingerprint density at radius 3 is 1.34 bits per heavy atom. The molecule has 0 aliphatic carbocycles. The number of hydrogen-bond donors (Lipinski definition) is 2. The number of methoxy groups -OCH3 is 3. The van der Waals surface area contributed by atoms with Crippen molar-refractivity contribution >= 4 is 18.8 Å². The molecule has 0 saturated carbocycles. The molecule has 32 heavy (non-hydrogen) atoms. The van der Waals surface area contributed by atoms with E-state index in [1.54, 1.807) is 21.3 Å². The van der Waals surface area contributed by atoms with Gasteiger partial charge in [0, 0.05) is 6.04 Å². The monoisotopic (exact) mass is 657 g/mol. The van der Waals surface area contributed by atoms with Gasteiger partial charge in [-0.05, 0) is 59.5 Å². The Morgan fingerprint density at radius 2 is 1.03 bits per heavy atom. The molecule has 8 heteroatoms. The first-order chi connectivity index (χ1) is 15.4. The van der Waals surface area contributed by atoms with Crippen LogP contribution in [0.15, 0.2) is 72.8 Å². The van der Waals surface area contributed by atoms with Crippen molar-refractivity contribution in [3.63, 3.8) is 0 Å². The van der Waals surface area contributed by atoms with Gasteiger partial charge in [-0.15, -0.1) is 0 Å². The van der Waals surface area contributed by atoms with Gasteiger partial charge in [0.2, 0.25) is 0 Å². The molecule has 1 atom stereocenters. The number of rotatable bonds is 8. The molecule has 4 N–H and O–H groups in total. The molecule has 0 saturated heterocycles. The topological polar surface area (TPSA) is 79.7 Å². The van der Waals surface area contributed by atoms with Gasteiger partial charge in [-0.2, -0.15) is 0 Å². The van der Waals surface area contributed by atoms with E-state index < -0.39 is 22.0 Å². The van der Waals surface area contributed by atoms with Gasteiger partial charge in [0.1, 0.15) is 17.2 Å². The van der Waals surface area contributed by atoms with Gasteiger partial charge in [-0.1, -0.05) is 36.4 Å². The molecular weight excluding hydrogens is 630 g/mol. The van der Waals surface area contributed by atoms with Gasteiger partial charge in [0.05, 0.1) is 26.9 Å². The summed E-state index contributed by atoms with van der Waals surface area (Å²) in [6.07, 6.45) is 0.610. The molecule has 0 heterocycles. The fraction of sp³-hybridized carbons (Fsp3) is 0.250. The minimum atomic E-state index is -0.890. The van der Waals surface area contributed by atoms with Crippen LogP contribution in [0.1, 0.15) is 16.7 Å². The molecule has 0 aliphatic rings. The van der Waals surface area contributed by atoms with E-state index in [1.165, 1.54) is 0 Å². The van der Waals surface area contributed by atoms with Crippen LogP contribution in [0.4, 0.5) is 0 Å². The molecule has 0 amide bonds. The number of nitrogens with two attached hydrogens (primary N) is 2. The Hall–Kier alpha value is -1.75. The molecular formula is C24H28Cl2N2O3Pt. The fourth-order valence-electron chi connectivity index (χ4n) is 3.50. The summed E-state index contributed by atoms with van der Waals surface area (Å²) >= 11 is -0.472. The molecule has 3 aromatic carbocycles. The standard InChI is InChI=1S/C24H28N2O3.2ClH.Pt/c1-27-20-10-4-17(5-11-20)16-23(25)24(26,18-6-12-21(28-2)13-7-18)19-8-14-22(29-3)15-9-19;;;/h4-15,23H,16,25-26H2,1-3H3;2*1H;/q;;;+2/p-2. The van der Waals surface area contributed by atoms with Gasteiger partial charge in [0.15, 0.2) is 0 Å². The fourth-order valence-corrected chi connectivity index (χ4v) is 3.50. The molecule has 1 unspecified atom stereocenters. The van der Waals surface area contributed by atoms with Gasteiger partial charge in [0.25, 0.3) is 0 Å². The molecule has 0 fully saturated rings. The van der Waals surface area contributed by atoms with E-state index in [1.807, 2.05) is 72.8 Å². The quantitative estimate of drug-likeness (QED) is 0.362. The van der Waals surface area contributed by atoms with E-state index in [9.17, 15) is 0 Å². The predicted molar refractivity (Wildman–Crippen MR) is 127 cm³/mol. The van der Waals surface area contributed by atoms with Crippen molar-refractivity contribution in [2.45, 2.75) is 18.0 Å². The van der Waals surface area contributed by atoms with Crippen molar-refractivity contribution in [1.82, 2.24) is 0 Å². The van der Waals surface area contributed by atoms with Crippen LogP contribution in [-0.4, -0.2) is 27.4 Å². The average Bonchev–Trinajstić information content (AvgIpc) is 2.84. The second-order valence-corrected chi connectivity index (χ2v) is 10.3. The number of hydrogen-bond acceptors (Lipinski definition) is 5. The van der Waals surface area contributed by atoms with Crippen molar-refractivity contribution < 1.29 is 30.7 Å². The number of halogens is 2. The summed E-state index contributed by atoms with van der Waals surface area (Å²) < 4.78 is 15.8. The third-order valence-corrected chi connectivity index (χ3v) is 5.33. The predicted octanol–water partition coefficient (Wildman–Crippen LogP) is 4.86. The van der Waals surface area contributed by atoms with E-state index in [0.717, 1.165) is 33.9 Å². The van der Waals surface area contributed by atoms with E-state index in [2.05, 4.69) is 0 Å². The summed E-state index contributed by atoms with van der Waals surface area (Å²) in [6.45, 7) is 0. The van der Waals surface area contributed by atoms with Crippen LogP contribution in [0, 0.1) is 0 Å². The zero-order valence-corrected chi connectivity index (χ0v) is 21.9. The van der Waals surface area contributed by atoms with Crippen molar-refractivity contribution in [3.05, 3.63) is 89.5 Å². The summed E-state index contributed by atoms with van der Waals surface area (Å²) in [7, 11) is 14.7. The van der Waals surface area contributed by atoms with Crippen LogP contribution in [0.25, 0.3) is 0 Å². The van der Waals surface area contributed by atoms with Crippen molar-refractivity contribution in [2.24, 2.45) is 11.5 Å². The SMILES string of the molecule is COc1ccc(CC(N)C(N)(c2ccc(OC)cc2)c2ccc(OC)cc2)cc1.[Cl][Pt][Cl]. The second-order valence-electron chi connectivity index (χ2n) is 7.03. The van der Waals surface area contributed by atoms with E-state index in [0.29, 0.717) is 6.42 Å². The first kappa shape index (κ1) is 26.5. The minimum absolute atomic E-state index is 0.363. The zero-order chi connectivity index (χ0) is 23.6. The van der Waals surface area contributed by atoms with Crippen molar-refractivity contribution in [2.75, 3.05) is 21.3 Å². The van der Waals surface area contributed by atoms with Crippen molar-refractivity contribution in [3.8, 4) is 17.2 Å². The Labute approximate surface area is 206 Å². The average molecular weight is 658 g/mol. The Balaban J connectivity index is 0.00000114. The molecule has 0 spiro atoms. The van der Waals surface area contributed by atoms with Gasteiger partial charge >= 0.3 is 35.3 Å². The molecule has 0 radical (unpaired) electrons. The number of ether oxygens (including phenoxy) is 3. The van der Waals surface area contributed by atoms with Gasteiger partial charge in [-0.25, -0.2) is 0 Å². The third-order valence-electron chi connectivity index (χ3n) is 5.33. The van der Waals surface area contributed by atoms with Crippen LogP contribution in [0.3, 0.4) is 0 Å². The Morgan fingerprint density at radius 1 is 0.719 bits per heavy atom. The molecule has 0 aromatic heterocycles. The normalized spacial score (nSPS) is 11.8. The molecule has 176 valence electrons. The molecule has 5 nitrogen and oxygen atoms in total. The molecule has 3 rings (SSSR count). The van der Waals surface area contributed by atoms with Crippen LogP contribution in [-0.2, 0) is 28.4 Å². The first-order valence-electron chi connectivity index (χ1n) is 9.71. The van der Waals surface area contributed by atoms with Gasteiger partial charge < -0.3 is 25.7 Å². The molecule has 0 bridgehead atoms. The third kappa shape index (κ3) is 6.63. The van der Waals surface area contributed by atoms with Crippen LogP contribution < -0.4 is 25.7 Å². The number of benzene rings is 3. The maximum absolute atomic E-state index is 7.04. The van der Waals surface area contributed by atoms with Gasteiger partial charge in [-0.3, -0.25) is 0 Å². The first-order valence-corrected chi connectivity index (χ1v) is 15.3. The van der Waals surface area contributed by atoms with Crippen molar-refractivity contribution in [1.29, 1.82) is 0 Å². The Kier molecular flexibility index (Phi) is 10.8. The van der Waals surface area contributed by atoms with E-state index >= 15 is 0 Å². The summed E-state index contributed by atoms with van der Waals surface area (Å²) in [5.74, 6) is 2.36. The Bertz CT molecular complexity index is 891. The van der Waals surface area contributed by atoms with Crippen LogP contribution in [0.2, 0.25) is 0 Å². The van der Waals surface area contributed by atoms with E-state index in [4.69, 9.17) is 44.5 Å². The summed E-state index contributed by atoms with van der Waals surface area (Å²) in [5, 5.41) is 0. The van der Waals surface area contributed by atoms with E-state index in [-0.39, 0.29) is 6.04 Å². The molecule has 0 aliphatic heterocycles. The summed E-state index contributed by atoms with van der Waals surface area (Å²) in [5.41, 5.74) is 15.8. The van der Waals surface area contributed by atoms with Crippen LogP contribution >= 0.6 is 18.8 Å². The summed E-state index contributed by atoms with van der Waals surface area (Å²) in [4.78, 5) is 0. The summed E-state index contributed by atoms with van der Waals surface area (Å²) in [6, 6.07) is 23.0. The molecule has 3 aromatic rings. The maximum atomic E-state index is 7.04. The zero-order valence-electron chi connectivity index (χ0n) is 18.2.